The van der Waals surface area contributed by atoms with E-state index >= 15 is 0 Å². The maximum Gasteiger partial charge on any atom is 0.123 e. The Kier molecular flexibility index (Phi) is 4.71. The minimum atomic E-state index is -0.469. The quantitative estimate of drug-likeness (QED) is 0.775. The van der Waals surface area contributed by atoms with E-state index in [4.69, 9.17) is 4.74 Å². The Bertz CT molecular complexity index is 315. The maximum atomic E-state index is 12.6. The summed E-state index contributed by atoms with van der Waals surface area (Å²) < 4.78 is 18.1. The second kappa shape index (κ2) is 5.82. The fraction of sp³-hybridized carbons (Fsp3) is 0.500. The summed E-state index contributed by atoms with van der Waals surface area (Å²) in [6.07, 6.45) is 0. The summed E-state index contributed by atoms with van der Waals surface area (Å²) in [5, 5.41) is 12.4. The van der Waals surface area contributed by atoms with Gasteiger partial charge in [-0.25, -0.2) is 4.39 Å². The Morgan fingerprint density at radius 3 is 2.50 bits per heavy atom. The second-order valence-corrected chi connectivity index (χ2v) is 3.99. The average molecular weight is 227 g/mol. The van der Waals surface area contributed by atoms with E-state index in [1.54, 1.807) is 12.1 Å². The van der Waals surface area contributed by atoms with Crippen LogP contribution in [0.3, 0.4) is 0 Å². The van der Waals surface area contributed by atoms with E-state index in [9.17, 15) is 9.50 Å². The predicted octanol–water partition coefficient (Wildman–Crippen LogP) is 1.56. The molecule has 0 aromatic heterocycles. The molecule has 1 aromatic rings. The highest BCUT2D eigenvalue weighted by atomic mass is 19.1. The van der Waals surface area contributed by atoms with Crippen molar-refractivity contribution in [1.82, 2.24) is 5.32 Å². The standard InChI is InChI=1S/C12H18FNO2/c1-3-14-12(2,8-15)9-16-11-6-4-10(13)5-7-11/h4-7,14-15H,3,8-9H2,1-2H3. The van der Waals surface area contributed by atoms with Crippen molar-refractivity contribution < 1.29 is 14.2 Å². The summed E-state index contributed by atoms with van der Waals surface area (Å²) in [6, 6.07) is 5.83. The van der Waals surface area contributed by atoms with Crippen molar-refractivity contribution in [2.24, 2.45) is 0 Å². The number of hydrogen-bond acceptors (Lipinski definition) is 3. The molecule has 0 fully saturated rings. The van der Waals surface area contributed by atoms with Gasteiger partial charge in [0.1, 0.15) is 18.2 Å². The Hall–Kier alpha value is -1.13. The molecule has 0 bridgehead atoms. The van der Waals surface area contributed by atoms with Crippen molar-refractivity contribution in [2.75, 3.05) is 19.8 Å². The summed E-state index contributed by atoms with van der Waals surface area (Å²) in [7, 11) is 0. The average Bonchev–Trinajstić information content (AvgIpc) is 2.29. The number of aliphatic hydroxyl groups is 1. The van der Waals surface area contributed by atoms with Crippen LogP contribution >= 0.6 is 0 Å². The highest BCUT2D eigenvalue weighted by Crippen LogP contribution is 2.13. The van der Waals surface area contributed by atoms with Gasteiger partial charge in [-0.1, -0.05) is 6.92 Å². The molecule has 0 heterocycles. The number of ether oxygens (including phenoxy) is 1. The molecule has 0 aliphatic heterocycles. The van der Waals surface area contributed by atoms with Crippen LogP contribution in [0.4, 0.5) is 4.39 Å². The molecule has 0 spiro atoms. The number of aliphatic hydroxyl groups excluding tert-OH is 1. The molecule has 1 atom stereocenters. The van der Waals surface area contributed by atoms with Gasteiger partial charge in [0.25, 0.3) is 0 Å². The van der Waals surface area contributed by atoms with E-state index < -0.39 is 5.54 Å². The third-order valence-corrected chi connectivity index (χ3v) is 2.32. The molecule has 0 saturated heterocycles. The van der Waals surface area contributed by atoms with Gasteiger partial charge in [-0.05, 0) is 37.7 Å². The molecule has 0 radical (unpaired) electrons. The summed E-state index contributed by atoms with van der Waals surface area (Å²) in [4.78, 5) is 0. The largest absolute Gasteiger partial charge is 0.492 e. The van der Waals surface area contributed by atoms with Gasteiger partial charge in [-0.15, -0.1) is 0 Å². The number of likely N-dealkylation sites (N-methyl/N-ethyl adjacent to an activating group) is 1. The minimum absolute atomic E-state index is 0.0119. The van der Waals surface area contributed by atoms with Crippen molar-refractivity contribution in [1.29, 1.82) is 0 Å². The smallest absolute Gasteiger partial charge is 0.123 e. The van der Waals surface area contributed by atoms with Crippen LogP contribution in [0, 0.1) is 5.82 Å². The van der Waals surface area contributed by atoms with Gasteiger partial charge < -0.3 is 15.2 Å². The molecular formula is C12H18FNO2. The third kappa shape index (κ3) is 3.79. The fourth-order valence-electron chi connectivity index (χ4n) is 1.35. The molecule has 16 heavy (non-hydrogen) atoms. The minimum Gasteiger partial charge on any atom is -0.492 e. The van der Waals surface area contributed by atoms with Gasteiger partial charge in [0.15, 0.2) is 0 Å². The molecule has 0 amide bonds. The topological polar surface area (TPSA) is 41.5 Å². The monoisotopic (exact) mass is 227 g/mol. The fourth-order valence-corrected chi connectivity index (χ4v) is 1.35. The first-order chi connectivity index (χ1) is 7.59. The molecule has 1 unspecified atom stereocenters. The molecule has 0 saturated carbocycles. The van der Waals surface area contributed by atoms with E-state index in [1.807, 2.05) is 13.8 Å². The molecule has 4 heteroatoms. The predicted molar refractivity (Wildman–Crippen MR) is 61.1 cm³/mol. The van der Waals surface area contributed by atoms with Crippen LogP contribution in [0.5, 0.6) is 5.75 Å². The van der Waals surface area contributed by atoms with Crippen molar-refractivity contribution in [3.63, 3.8) is 0 Å². The first-order valence-corrected chi connectivity index (χ1v) is 5.34. The molecule has 1 rings (SSSR count). The first kappa shape index (κ1) is 12.9. The van der Waals surface area contributed by atoms with E-state index in [0.29, 0.717) is 12.4 Å². The number of hydrogen-bond donors (Lipinski definition) is 2. The van der Waals surface area contributed by atoms with Crippen LogP contribution in [0.2, 0.25) is 0 Å². The Morgan fingerprint density at radius 1 is 1.38 bits per heavy atom. The molecule has 0 aliphatic rings. The Labute approximate surface area is 95.2 Å². The lowest BCUT2D eigenvalue weighted by molar-refractivity contribution is 0.117. The summed E-state index contributed by atoms with van der Waals surface area (Å²) in [5.74, 6) is 0.308. The van der Waals surface area contributed by atoms with Crippen LogP contribution in [0.1, 0.15) is 13.8 Å². The summed E-state index contributed by atoms with van der Waals surface area (Å²) in [6.45, 7) is 4.92. The van der Waals surface area contributed by atoms with Crippen molar-refractivity contribution in [3.8, 4) is 5.75 Å². The van der Waals surface area contributed by atoms with Gasteiger partial charge in [0.2, 0.25) is 0 Å². The zero-order valence-electron chi connectivity index (χ0n) is 9.66. The Balaban J connectivity index is 2.52. The number of rotatable bonds is 6. The van der Waals surface area contributed by atoms with Crippen molar-refractivity contribution >= 4 is 0 Å². The highest BCUT2D eigenvalue weighted by molar-refractivity contribution is 5.22. The number of halogens is 1. The SMILES string of the molecule is CCNC(C)(CO)COc1ccc(F)cc1. The van der Waals surface area contributed by atoms with Gasteiger partial charge in [0.05, 0.1) is 12.1 Å². The number of benzene rings is 1. The van der Waals surface area contributed by atoms with Gasteiger partial charge in [0, 0.05) is 0 Å². The van der Waals surface area contributed by atoms with Crippen molar-refractivity contribution in [3.05, 3.63) is 30.1 Å². The molecule has 0 aliphatic carbocycles. The highest BCUT2D eigenvalue weighted by Gasteiger charge is 2.22. The van der Waals surface area contributed by atoms with Gasteiger partial charge >= 0.3 is 0 Å². The van der Waals surface area contributed by atoms with E-state index in [2.05, 4.69) is 5.32 Å². The van der Waals surface area contributed by atoms with Crippen LogP contribution in [-0.2, 0) is 0 Å². The van der Waals surface area contributed by atoms with E-state index in [1.165, 1.54) is 12.1 Å². The second-order valence-electron chi connectivity index (χ2n) is 3.99. The van der Waals surface area contributed by atoms with Crippen molar-refractivity contribution in [2.45, 2.75) is 19.4 Å². The zero-order valence-corrected chi connectivity index (χ0v) is 9.66. The van der Waals surface area contributed by atoms with Crippen LogP contribution < -0.4 is 10.1 Å². The molecule has 1 aromatic carbocycles. The first-order valence-electron chi connectivity index (χ1n) is 5.34. The molecule has 2 N–H and O–H groups in total. The zero-order chi connectivity index (χ0) is 12.0. The maximum absolute atomic E-state index is 12.6. The molecular weight excluding hydrogens is 209 g/mol. The molecule has 90 valence electrons. The van der Waals surface area contributed by atoms with Crippen LogP contribution in [-0.4, -0.2) is 30.4 Å². The third-order valence-electron chi connectivity index (χ3n) is 2.32. The summed E-state index contributed by atoms with van der Waals surface area (Å²) in [5.41, 5.74) is -0.469. The lowest BCUT2D eigenvalue weighted by Crippen LogP contribution is -2.50. The van der Waals surface area contributed by atoms with Gasteiger partial charge in [-0.3, -0.25) is 0 Å². The molecule has 3 nitrogen and oxygen atoms in total. The van der Waals surface area contributed by atoms with E-state index in [-0.39, 0.29) is 12.4 Å². The van der Waals surface area contributed by atoms with Crippen LogP contribution in [0.25, 0.3) is 0 Å². The Morgan fingerprint density at radius 2 is 2.00 bits per heavy atom. The number of nitrogens with one attached hydrogen (secondary N) is 1. The van der Waals surface area contributed by atoms with E-state index in [0.717, 1.165) is 6.54 Å². The summed E-state index contributed by atoms with van der Waals surface area (Å²) >= 11 is 0. The normalized spacial score (nSPS) is 14.5. The lowest BCUT2D eigenvalue weighted by Gasteiger charge is -2.28. The van der Waals surface area contributed by atoms with Crippen LogP contribution in [0.15, 0.2) is 24.3 Å². The lowest BCUT2D eigenvalue weighted by atomic mass is 10.1. The van der Waals surface area contributed by atoms with Gasteiger partial charge in [-0.2, -0.15) is 0 Å².